The molecule has 0 spiro atoms. The molecule has 5 atom stereocenters. The minimum Gasteiger partial charge on any atom is -0.468 e. The molecule has 230 valence electrons. The fourth-order valence-electron chi connectivity index (χ4n) is 5.30. The molecule has 2 fully saturated rings. The first-order valence-electron chi connectivity index (χ1n) is 14.1. The molecule has 0 unspecified atom stereocenters. The average Bonchev–Trinajstić information content (AvgIpc) is 3.45. The van der Waals surface area contributed by atoms with E-state index in [1.54, 1.807) is 20.8 Å². The van der Waals surface area contributed by atoms with Crippen LogP contribution in [0.1, 0.15) is 31.9 Å². The number of rotatable bonds is 10. The Morgan fingerprint density at radius 3 is 2.16 bits per heavy atom. The van der Waals surface area contributed by atoms with Crippen molar-refractivity contribution in [1.82, 2.24) is 20.9 Å². The van der Waals surface area contributed by atoms with Crippen LogP contribution in [-0.4, -0.2) is 78.8 Å². The number of carbonyl (C=O) groups excluding carboxylic acids is 5. The molecule has 3 N–H and O–H groups in total. The molecule has 12 nitrogen and oxygen atoms in total. The zero-order chi connectivity index (χ0) is 31.1. The SMILES string of the molecule is COC(=O)CNC(=O)[C@@H]1[C@@H]2[C@H](CN1C(=O)[C@H](Cc1ccccc1)NC(=O)OC(C)(C)C)[C@H]2NC(=O)OCc1ccccc1. The van der Waals surface area contributed by atoms with Gasteiger partial charge in [-0.1, -0.05) is 60.7 Å². The first-order chi connectivity index (χ1) is 20.5. The van der Waals surface area contributed by atoms with Gasteiger partial charge in [-0.3, -0.25) is 14.4 Å². The van der Waals surface area contributed by atoms with Crippen LogP contribution in [0.3, 0.4) is 0 Å². The van der Waals surface area contributed by atoms with Gasteiger partial charge in [0.05, 0.1) is 7.11 Å². The predicted octanol–water partition coefficient (Wildman–Crippen LogP) is 2.16. The standard InChI is InChI=1S/C31H38N4O8/c1-31(2,3)43-30(40)33-22(15-19-11-7-5-8-12-19)28(38)35-17-21-24(26(35)27(37)32-16-23(36)41-4)25(21)34-29(39)42-18-20-13-9-6-10-14-20/h5-14,21-22,24-26H,15-18H2,1-4H3,(H,32,37)(H,33,40)(H,34,39)/t21-,22-,24+,25+,26-/m0/s1. The molecule has 0 bridgehead atoms. The average molecular weight is 595 g/mol. The van der Waals surface area contributed by atoms with Gasteiger partial charge in [0, 0.05) is 30.8 Å². The van der Waals surface area contributed by atoms with E-state index in [9.17, 15) is 24.0 Å². The monoisotopic (exact) mass is 594 g/mol. The lowest BCUT2D eigenvalue weighted by atomic mass is 10.0. The third-order valence-electron chi connectivity index (χ3n) is 7.29. The van der Waals surface area contributed by atoms with Gasteiger partial charge in [-0.15, -0.1) is 0 Å². The van der Waals surface area contributed by atoms with Crippen LogP contribution in [0.4, 0.5) is 9.59 Å². The van der Waals surface area contributed by atoms with Gasteiger partial charge in [-0.05, 0) is 31.9 Å². The van der Waals surface area contributed by atoms with Crippen molar-refractivity contribution in [2.24, 2.45) is 11.8 Å². The minimum atomic E-state index is -1.03. The maximum atomic E-state index is 14.0. The van der Waals surface area contributed by atoms with Gasteiger partial charge < -0.3 is 35.1 Å². The number of esters is 1. The van der Waals surface area contributed by atoms with Gasteiger partial charge in [0.1, 0.15) is 30.8 Å². The molecule has 1 aliphatic carbocycles. The van der Waals surface area contributed by atoms with Crippen LogP contribution < -0.4 is 16.0 Å². The molecule has 0 radical (unpaired) electrons. The Morgan fingerprint density at radius 1 is 0.930 bits per heavy atom. The number of hydrogen-bond acceptors (Lipinski definition) is 8. The highest BCUT2D eigenvalue weighted by atomic mass is 16.6. The topological polar surface area (TPSA) is 152 Å². The van der Waals surface area contributed by atoms with Crippen LogP contribution in [0.15, 0.2) is 60.7 Å². The van der Waals surface area contributed by atoms with Crippen molar-refractivity contribution in [1.29, 1.82) is 0 Å². The Labute approximate surface area is 250 Å². The lowest BCUT2D eigenvalue weighted by Crippen LogP contribution is -2.57. The molecule has 0 aromatic heterocycles. The van der Waals surface area contributed by atoms with Crippen LogP contribution in [0.2, 0.25) is 0 Å². The summed E-state index contributed by atoms with van der Waals surface area (Å²) in [5.41, 5.74) is 0.838. The van der Waals surface area contributed by atoms with Crippen molar-refractivity contribution < 1.29 is 38.2 Å². The summed E-state index contributed by atoms with van der Waals surface area (Å²) in [6, 6.07) is 15.9. The minimum absolute atomic E-state index is 0.0832. The smallest absolute Gasteiger partial charge is 0.408 e. The Kier molecular flexibility index (Phi) is 9.89. The molecular formula is C31H38N4O8. The van der Waals surface area contributed by atoms with E-state index in [0.29, 0.717) is 0 Å². The van der Waals surface area contributed by atoms with E-state index < -0.39 is 59.6 Å². The number of nitrogens with one attached hydrogen (secondary N) is 3. The summed E-state index contributed by atoms with van der Waals surface area (Å²) in [7, 11) is 1.20. The van der Waals surface area contributed by atoms with Crippen molar-refractivity contribution in [3.05, 3.63) is 71.8 Å². The van der Waals surface area contributed by atoms with Gasteiger partial charge in [0.2, 0.25) is 11.8 Å². The van der Waals surface area contributed by atoms with Crippen molar-refractivity contribution in [3.63, 3.8) is 0 Å². The predicted molar refractivity (Wildman–Crippen MR) is 154 cm³/mol. The van der Waals surface area contributed by atoms with E-state index in [-0.39, 0.29) is 32.0 Å². The number of ether oxygens (including phenoxy) is 3. The number of alkyl carbamates (subject to hydrolysis) is 2. The van der Waals surface area contributed by atoms with Gasteiger partial charge in [0.25, 0.3) is 0 Å². The first kappa shape index (κ1) is 31.3. The van der Waals surface area contributed by atoms with Crippen molar-refractivity contribution in [2.45, 2.75) is 57.5 Å². The van der Waals surface area contributed by atoms with E-state index in [2.05, 4.69) is 20.7 Å². The second kappa shape index (κ2) is 13.6. The fourth-order valence-corrected chi connectivity index (χ4v) is 5.30. The maximum absolute atomic E-state index is 14.0. The molecule has 43 heavy (non-hydrogen) atoms. The number of piperidine rings is 1. The molecule has 2 aromatic carbocycles. The Hall–Kier alpha value is -4.61. The Bertz CT molecular complexity index is 1310. The highest BCUT2D eigenvalue weighted by Crippen LogP contribution is 2.50. The largest absolute Gasteiger partial charge is 0.468 e. The number of methoxy groups -OCH3 is 1. The van der Waals surface area contributed by atoms with E-state index in [1.807, 2.05) is 60.7 Å². The second-order valence-corrected chi connectivity index (χ2v) is 11.6. The second-order valence-electron chi connectivity index (χ2n) is 11.6. The molecule has 1 heterocycles. The van der Waals surface area contributed by atoms with Crippen molar-refractivity contribution in [3.8, 4) is 0 Å². The number of fused-ring (bicyclic) bond motifs is 1. The van der Waals surface area contributed by atoms with Crippen LogP contribution in [0, 0.1) is 11.8 Å². The van der Waals surface area contributed by atoms with E-state index >= 15 is 0 Å². The van der Waals surface area contributed by atoms with E-state index in [1.165, 1.54) is 12.0 Å². The summed E-state index contributed by atoms with van der Waals surface area (Å²) in [4.78, 5) is 65.8. The third-order valence-corrected chi connectivity index (χ3v) is 7.29. The van der Waals surface area contributed by atoms with Crippen molar-refractivity contribution >= 4 is 30.0 Å². The maximum Gasteiger partial charge on any atom is 0.408 e. The highest BCUT2D eigenvalue weighted by molar-refractivity contribution is 5.94. The summed E-state index contributed by atoms with van der Waals surface area (Å²) < 4.78 is 15.4. The molecule has 1 saturated carbocycles. The lowest BCUT2D eigenvalue weighted by molar-refractivity contribution is -0.144. The van der Waals surface area contributed by atoms with E-state index in [0.717, 1.165) is 11.1 Å². The molecule has 4 amide bonds. The normalized spacial score (nSPS) is 21.1. The zero-order valence-corrected chi connectivity index (χ0v) is 24.7. The van der Waals surface area contributed by atoms with Crippen LogP contribution in [0.5, 0.6) is 0 Å². The van der Waals surface area contributed by atoms with Crippen LogP contribution in [-0.2, 0) is 41.6 Å². The van der Waals surface area contributed by atoms with Gasteiger partial charge >= 0.3 is 18.2 Å². The van der Waals surface area contributed by atoms with Gasteiger partial charge in [-0.25, -0.2) is 9.59 Å². The molecule has 4 rings (SSSR count). The molecular weight excluding hydrogens is 556 g/mol. The summed E-state index contributed by atoms with van der Waals surface area (Å²) in [6.45, 7) is 5.01. The fraction of sp³-hybridized carbons (Fsp3) is 0.452. The summed E-state index contributed by atoms with van der Waals surface area (Å²) in [5, 5.41) is 8.02. The Morgan fingerprint density at radius 2 is 1.56 bits per heavy atom. The van der Waals surface area contributed by atoms with E-state index in [4.69, 9.17) is 9.47 Å². The molecule has 2 aliphatic rings. The number of benzene rings is 2. The summed E-state index contributed by atoms with van der Waals surface area (Å²) in [5.74, 6) is -2.33. The summed E-state index contributed by atoms with van der Waals surface area (Å²) >= 11 is 0. The van der Waals surface area contributed by atoms with Crippen LogP contribution >= 0.6 is 0 Å². The molecule has 12 heteroatoms. The first-order valence-corrected chi connectivity index (χ1v) is 14.1. The molecule has 1 saturated heterocycles. The quantitative estimate of drug-likeness (QED) is 0.280. The van der Waals surface area contributed by atoms with Crippen LogP contribution in [0.25, 0.3) is 0 Å². The number of hydrogen-bond donors (Lipinski definition) is 3. The number of nitrogens with zero attached hydrogens (tertiary/aromatic N) is 1. The molecule has 1 aliphatic heterocycles. The highest BCUT2D eigenvalue weighted by Gasteiger charge is 2.65. The zero-order valence-electron chi connectivity index (χ0n) is 24.7. The number of amides is 4. The number of carbonyl (C=O) groups is 5. The number of likely N-dealkylation sites (tertiary alicyclic amines) is 1. The molecule has 2 aromatic rings. The van der Waals surface area contributed by atoms with Crippen molar-refractivity contribution in [2.75, 3.05) is 20.2 Å². The van der Waals surface area contributed by atoms with Gasteiger partial charge in [-0.2, -0.15) is 0 Å². The Balaban J connectivity index is 1.49. The summed E-state index contributed by atoms with van der Waals surface area (Å²) in [6.07, 6.45) is -1.24. The van der Waals surface area contributed by atoms with Gasteiger partial charge in [0.15, 0.2) is 0 Å². The lowest BCUT2D eigenvalue weighted by Gasteiger charge is -2.32. The third kappa shape index (κ3) is 8.46.